The molecule has 24 heavy (non-hydrogen) atoms. The summed E-state index contributed by atoms with van der Waals surface area (Å²) in [5.41, 5.74) is 0.551. The van der Waals surface area contributed by atoms with Gasteiger partial charge in [-0.25, -0.2) is 4.79 Å². The van der Waals surface area contributed by atoms with Crippen LogP contribution in [0.15, 0.2) is 40.9 Å². The average molecular weight is 330 g/mol. The van der Waals surface area contributed by atoms with Crippen LogP contribution in [-0.4, -0.2) is 23.6 Å². The maximum atomic E-state index is 12.0. The van der Waals surface area contributed by atoms with Gasteiger partial charge in [0.05, 0.1) is 11.3 Å². The Labute approximate surface area is 141 Å². The molecule has 0 spiro atoms. The number of amides is 1. The molecule has 6 nitrogen and oxygen atoms in total. The molecule has 0 unspecified atom stereocenters. The monoisotopic (exact) mass is 330 g/mol. The Hall–Kier alpha value is -2.63. The number of carbonyl (C=O) groups is 2. The molecule has 2 rings (SSSR count). The second-order valence-electron chi connectivity index (χ2n) is 6.55. The van der Waals surface area contributed by atoms with E-state index in [2.05, 4.69) is 10.5 Å². The Morgan fingerprint density at radius 1 is 1.25 bits per heavy atom. The average Bonchev–Trinajstić information content (AvgIpc) is 3.03. The summed E-state index contributed by atoms with van der Waals surface area (Å²) >= 11 is 0. The van der Waals surface area contributed by atoms with Gasteiger partial charge in [0.15, 0.2) is 0 Å². The predicted molar refractivity (Wildman–Crippen MR) is 89.7 cm³/mol. The summed E-state index contributed by atoms with van der Waals surface area (Å²) < 4.78 is 10.5. The lowest BCUT2D eigenvalue weighted by Gasteiger charge is -2.21. The molecule has 0 aliphatic rings. The fourth-order valence-corrected chi connectivity index (χ4v) is 1.90. The van der Waals surface area contributed by atoms with Gasteiger partial charge in [0, 0.05) is 17.4 Å². The summed E-state index contributed by atoms with van der Waals surface area (Å²) in [5, 5.41) is 6.62. The van der Waals surface area contributed by atoms with Crippen molar-refractivity contribution in [3.8, 4) is 0 Å². The fourth-order valence-electron chi connectivity index (χ4n) is 1.90. The number of benzene rings is 1. The number of esters is 1. The summed E-state index contributed by atoms with van der Waals surface area (Å²) in [6, 6.07) is 10.4. The second-order valence-corrected chi connectivity index (χ2v) is 6.55. The van der Waals surface area contributed by atoms with Gasteiger partial charge in [0.1, 0.15) is 6.61 Å². The number of nitrogens with zero attached hydrogens (tertiary/aromatic N) is 1. The van der Waals surface area contributed by atoms with E-state index in [4.69, 9.17) is 9.26 Å². The third-order valence-electron chi connectivity index (χ3n) is 3.55. The molecule has 1 aromatic heterocycles. The normalized spacial score (nSPS) is 11.4. The molecular weight excluding hydrogens is 308 g/mol. The molecule has 1 N–H and O–H groups in total. The number of hydrogen-bond donors (Lipinski definition) is 1. The van der Waals surface area contributed by atoms with E-state index in [1.54, 1.807) is 44.2 Å². The van der Waals surface area contributed by atoms with Crippen molar-refractivity contribution in [2.75, 3.05) is 11.9 Å². The molecular formula is C18H22N2O4. The van der Waals surface area contributed by atoms with E-state index in [9.17, 15) is 9.59 Å². The summed E-state index contributed by atoms with van der Waals surface area (Å²) in [6.45, 7) is 7.50. The summed E-state index contributed by atoms with van der Waals surface area (Å²) in [5.74, 6) is -0.406. The first-order valence-electron chi connectivity index (χ1n) is 7.80. The van der Waals surface area contributed by atoms with Gasteiger partial charge < -0.3 is 9.26 Å². The molecule has 0 bridgehead atoms. The number of anilines is 1. The van der Waals surface area contributed by atoms with Crippen LogP contribution in [0.2, 0.25) is 0 Å². The Kier molecular flexibility index (Phi) is 5.39. The Morgan fingerprint density at radius 2 is 1.92 bits per heavy atom. The second kappa shape index (κ2) is 7.29. The van der Waals surface area contributed by atoms with Crippen LogP contribution in [0.25, 0.3) is 0 Å². The zero-order valence-electron chi connectivity index (χ0n) is 14.3. The number of hydrogen-bond acceptors (Lipinski definition) is 5. The largest absolute Gasteiger partial charge is 0.461 e. The van der Waals surface area contributed by atoms with Crippen molar-refractivity contribution >= 4 is 17.8 Å². The van der Waals surface area contributed by atoms with Crippen LogP contribution < -0.4 is 5.32 Å². The Bertz CT molecular complexity index is 705. The third-order valence-corrected chi connectivity index (χ3v) is 3.55. The van der Waals surface area contributed by atoms with E-state index in [1.807, 2.05) is 19.9 Å². The third kappa shape index (κ3) is 4.44. The standard InChI is InChI=1S/C18H22N2O4/c1-12(2)16(21)19-15-10-14(20-24-15)18(3,4)11-23-17(22)13-8-6-5-7-9-13/h5-10,12H,11H2,1-4H3,(H,19,21). The van der Waals surface area contributed by atoms with Crippen LogP contribution in [0.1, 0.15) is 43.7 Å². The van der Waals surface area contributed by atoms with Crippen molar-refractivity contribution in [1.82, 2.24) is 5.16 Å². The summed E-state index contributed by atoms with van der Waals surface area (Å²) in [6.07, 6.45) is 0. The molecule has 1 heterocycles. The van der Waals surface area contributed by atoms with Gasteiger partial charge in [-0.2, -0.15) is 0 Å². The SMILES string of the molecule is CC(C)C(=O)Nc1cc(C(C)(C)COC(=O)c2ccccc2)no1. The van der Waals surface area contributed by atoms with Gasteiger partial charge in [-0.1, -0.05) is 51.1 Å². The molecule has 2 aromatic rings. The molecule has 6 heteroatoms. The Morgan fingerprint density at radius 3 is 2.54 bits per heavy atom. The van der Waals surface area contributed by atoms with Crippen LogP contribution in [-0.2, 0) is 14.9 Å². The lowest BCUT2D eigenvalue weighted by molar-refractivity contribution is -0.119. The maximum absolute atomic E-state index is 12.0. The first kappa shape index (κ1) is 17.7. The van der Waals surface area contributed by atoms with Crippen LogP contribution in [0.4, 0.5) is 5.88 Å². The smallest absolute Gasteiger partial charge is 0.338 e. The number of nitrogens with one attached hydrogen (secondary N) is 1. The topological polar surface area (TPSA) is 81.4 Å². The number of rotatable bonds is 6. The van der Waals surface area contributed by atoms with Crippen molar-refractivity contribution in [3.63, 3.8) is 0 Å². The fraction of sp³-hybridized carbons (Fsp3) is 0.389. The molecule has 0 radical (unpaired) electrons. The first-order valence-corrected chi connectivity index (χ1v) is 7.80. The number of ether oxygens (including phenoxy) is 1. The molecule has 0 saturated carbocycles. The highest BCUT2D eigenvalue weighted by atomic mass is 16.5. The Balaban J connectivity index is 1.99. The van der Waals surface area contributed by atoms with E-state index in [0.29, 0.717) is 11.3 Å². The van der Waals surface area contributed by atoms with Gasteiger partial charge in [0.25, 0.3) is 0 Å². The summed E-state index contributed by atoms with van der Waals surface area (Å²) in [7, 11) is 0. The highest BCUT2D eigenvalue weighted by Gasteiger charge is 2.28. The minimum atomic E-state index is -0.547. The highest BCUT2D eigenvalue weighted by Crippen LogP contribution is 2.25. The van der Waals surface area contributed by atoms with Gasteiger partial charge in [-0.05, 0) is 12.1 Å². The predicted octanol–water partition coefficient (Wildman–Crippen LogP) is 3.40. The van der Waals surface area contributed by atoms with Crippen LogP contribution in [0.5, 0.6) is 0 Å². The van der Waals surface area contributed by atoms with Crippen LogP contribution in [0.3, 0.4) is 0 Å². The van der Waals surface area contributed by atoms with E-state index in [0.717, 1.165) is 0 Å². The first-order chi connectivity index (χ1) is 11.3. The van der Waals surface area contributed by atoms with Crippen molar-refractivity contribution < 1.29 is 18.8 Å². The van der Waals surface area contributed by atoms with E-state index >= 15 is 0 Å². The molecule has 1 aromatic carbocycles. The van der Waals surface area contributed by atoms with Crippen molar-refractivity contribution in [1.29, 1.82) is 0 Å². The minimum Gasteiger partial charge on any atom is -0.461 e. The lowest BCUT2D eigenvalue weighted by atomic mass is 9.90. The zero-order valence-corrected chi connectivity index (χ0v) is 14.3. The lowest BCUT2D eigenvalue weighted by Crippen LogP contribution is -2.26. The van der Waals surface area contributed by atoms with Crippen molar-refractivity contribution in [2.45, 2.75) is 33.1 Å². The van der Waals surface area contributed by atoms with Crippen molar-refractivity contribution in [3.05, 3.63) is 47.7 Å². The molecule has 0 atom stereocenters. The minimum absolute atomic E-state index is 0.144. The molecule has 0 saturated heterocycles. The van der Waals surface area contributed by atoms with Crippen LogP contribution >= 0.6 is 0 Å². The number of aromatic nitrogens is 1. The molecule has 128 valence electrons. The van der Waals surface area contributed by atoms with E-state index in [-0.39, 0.29) is 30.3 Å². The van der Waals surface area contributed by atoms with E-state index < -0.39 is 5.41 Å². The molecule has 0 aliphatic heterocycles. The quantitative estimate of drug-likeness (QED) is 0.821. The zero-order chi connectivity index (χ0) is 17.7. The van der Waals surface area contributed by atoms with Gasteiger partial charge in [0.2, 0.25) is 11.8 Å². The van der Waals surface area contributed by atoms with Gasteiger partial charge in [-0.15, -0.1) is 0 Å². The van der Waals surface area contributed by atoms with Gasteiger partial charge in [-0.3, -0.25) is 10.1 Å². The molecule has 0 aliphatic carbocycles. The van der Waals surface area contributed by atoms with Gasteiger partial charge >= 0.3 is 5.97 Å². The molecule has 0 fully saturated rings. The number of carbonyl (C=O) groups excluding carboxylic acids is 2. The van der Waals surface area contributed by atoms with Crippen LogP contribution in [0, 0.1) is 5.92 Å². The molecule has 1 amide bonds. The maximum Gasteiger partial charge on any atom is 0.338 e. The summed E-state index contributed by atoms with van der Waals surface area (Å²) in [4.78, 5) is 23.7. The highest BCUT2D eigenvalue weighted by molar-refractivity contribution is 5.90. The van der Waals surface area contributed by atoms with E-state index in [1.165, 1.54) is 0 Å². The van der Waals surface area contributed by atoms with Crippen molar-refractivity contribution in [2.24, 2.45) is 5.92 Å².